The summed E-state index contributed by atoms with van der Waals surface area (Å²) >= 11 is 0. The van der Waals surface area contributed by atoms with Gasteiger partial charge in [-0.15, -0.1) is 0 Å². The third kappa shape index (κ3) is 4.60. The van der Waals surface area contributed by atoms with Crippen molar-refractivity contribution in [3.63, 3.8) is 0 Å². The van der Waals surface area contributed by atoms with Gasteiger partial charge in [0.05, 0.1) is 6.54 Å². The molecule has 1 aromatic heterocycles. The van der Waals surface area contributed by atoms with Crippen LogP contribution in [0.1, 0.15) is 81.8 Å². The van der Waals surface area contributed by atoms with Crippen LogP contribution in [0, 0.1) is 5.92 Å². The zero-order valence-corrected chi connectivity index (χ0v) is 15.1. The van der Waals surface area contributed by atoms with E-state index in [1.165, 1.54) is 44.9 Å². The molecule has 1 saturated heterocycles. The Kier molecular flexibility index (Phi) is 5.34. The van der Waals surface area contributed by atoms with Gasteiger partial charge in [0, 0.05) is 31.5 Å². The lowest BCUT2D eigenvalue weighted by Crippen LogP contribution is -2.33. The first kappa shape index (κ1) is 17.0. The number of hydrogen-bond acceptors (Lipinski definition) is 5. The van der Waals surface area contributed by atoms with Crippen molar-refractivity contribution in [3.05, 3.63) is 11.7 Å². The van der Waals surface area contributed by atoms with E-state index in [1.54, 1.807) is 0 Å². The van der Waals surface area contributed by atoms with Crippen LogP contribution in [0.4, 0.5) is 0 Å². The minimum Gasteiger partial charge on any atom is -0.342 e. The smallest absolute Gasteiger partial charge is 0.240 e. The van der Waals surface area contributed by atoms with Gasteiger partial charge in [-0.2, -0.15) is 4.98 Å². The predicted octanol–water partition coefficient (Wildman–Crippen LogP) is 3.00. The van der Waals surface area contributed by atoms with Crippen LogP contribution < -0.4 is 5.32 Å². The molecule has 2 heterocycles. The van der Waals surface area contributed by atoms with E-state index in [-0.39, 0.29) is 0 Å². The third-order valence-corrected chi connectivity index (χ3v) is 5.98. The van der Waals surface area contributed by atoms with Gasteiger partial charge in [-0.25, -0.2) is 0 Å². The van der Waals surface area contributed by atoms with E-state index in [0.29, 0.717) is 36.7 Å². The summed E-state index contributed by atoms with van der Waals surface area (Å²) in [5, 5.41) is 7.73. The number of likely N-dealkylation sites (tertiary alicyclic amines) is 1. The molecular weight excluding hydrogens is 316 g/mol. The normalized spacial score (nSPS) is 26.0. The number of amides is 1. The second-order valence-electron chi connectivity index (χ2n) is 8.07. The number of nitrogens with one attached hydrogen (secondary N) is 1. The second-order valence-corrected chi connectivity index (χ2v) is 8.07. The van der Waals surface area contributed by atoms with Crippen LogP contribution in [-0.2, 0) is 11.3 Å². The van der Waals surface area contributed by atoms with Crippen LogP contribution in [0.2, 0.25) is 0 Å². The lowest BCUT2D eigenvalue weighted by atomic mass is 9.89. The van der Waals surface area contributed by atoms with Crippen molar-refractivity contribution in [3.8, 4) is 0 Å². The largest absolute Gasteiger partial charge is 0.342 e. The monoisotopic (exact) mass is 346 g/mol. The third-order valence-electron chi connectivity index (χ3n) is 5.98. The summed E-state index contributed by atoms with van der Waals surface area (Å²) in [5.74, 6) is 3.16. The van der Waals surface area contributed by atoms with E-state index >= 15 is 0 Å². The number of aromatic nitrogens is 2. The Morgan fingerprint density at radius 1 is 1.08 bits per heavy atom. The first-order valence-electron chi connectivity index (χ1n) is 10.1. The van der Waals surface area contributed by atoms with Gasteiger partial charge in [0.2, 0.25) is 11.8 Å². The molecule has 25 heavy (non-hydrogen) atoms. The first-order chi connectivity index (χ1) is 12.3. The highest BCUT2D eigenvalue weighted by Crippen LogP contribution is 2.31. The molecule has 6 heteroatoms. The van der Waals surface area contributed by atoms with Crippen LogP contribution in [0.25, 0.3) is 0 Å². The minimum absolute atomic E-state index is 0.327. The van der Waals surface area contributed by atoms with E-state index in [1.807, 2.05) is 0 Å². The number of hydrogen-bond donors (Lipinski definition) is 1. The van der Waals surface area contributed by atoms with E-state index < -0.39 is 0 Å². The first-order valence-corrected chi connectivity index (χ1v) is 10.1. The Bertz CT molecular complexity index is 578. The van der Waals surface area contributed by atoms with E-state index in [2.05, 4.69) is 20.4 Å². The molecule has 1 amide bonds. The predicted molar refractivity (Wildman–Crippen MR) is 93.9 cm³/mol. The molecule has 1 atom stereocenters. The molecule has 1 N–H and O–H groups in total. The fourth-order valence-electron chi connectivity index (χ4n) is 4.14. The lowest BCUT2D eigenvalue weighted by molar-refractivity contribution is -0.130. The highest BCUT2D eigenvalue weighted by Gasteiger charge is 2.29. The Balaban J connectivity index is 1.25. The van der Waals surface area contributed by atoms with Crippen molar-refractivity contribution in [2.75, 3.05) is 13.1 Å². The van der Waals surface area contributed by atoms with Crippen molar-refractivity contribution in [2.45, 2.75) is 82.7 Å². The zero-order valence-electron chi connectivity index (χ0n) is 15.1. The summed E-state index contributed by atoms with van der Waals surface area (Å²) in [6.45, 7) is 2.46. The highest BCUT2D eigenvalue weighted by atomic mass is 16.5. The Morgan fingerprint density at radius 2 is 1.92 bits per heavy atom. The summed E-state index contributed by atoms with van der Waals surface area (Å²) in [5.41, 5.74) is 0. The van der Waals surface area contributed by atoms with E-state index in [4.69, 9.17) is 4.52 Å². The van der Waals surface area contributed by atoms with Crippen LogP contribution in [0.5, 0.6) is 0 Å². The van der Waals surface area contributed by atoms with Crippen molar-refractivity contribution >= 4 is 5.91 Å². The van der Waals surface area contributed by atoms with Crippen molar-refractivity contribution in [1.29, 1.82) is 0 Å². The summed E-state index contributed by atoms with van der Waals surface area (Å²) in [6, 6.07) is 0.359. The van der Waals surface area contributed by atoms with Crippen LogP contribution in [0.3, 0.4) is 0 Å². The van der Waals surface area contributed by atoms with Gasteiger partial charge in [-0.05, 0) is 44.4 Å². The molecule has 2 saturated carbocycles. The molecular formula is C19H30N4O2. The van der Waals surface area contributed by atoms with Gasteiger partial charge in [0.25, 0.3) is 0 Å². The fourth-order valence-corrected chi connectivity index (χ4v) is 4.14. The van der Waals surface area contributed by atoms with Gasteiger partial charge in [0.15, 0.2) is 5.82 Å². The SMILES string of the molecule is O=C1CCC(NCc2nc(C3CCCCC3)no2)CCN1CC1CC1. The molecule has 0 bridgehead atoms. The molecule has 138 valence electrons. The summed E-state index contributed by atoms with van der Waals surface area (Å²) in [6.07, 6.45) is 11.4. The van der Waals surface area contributed by atoms with Crippen molar-refractivity contribution < 1.29 is 9.32 Å². The average Bonchev–Trinajstić information content (AvgIpc) is 3.37. The van der Waals surface area contributed by atoms with Gasteiger partial charge >= 0.3 is 0 Å². The maximum absolute atomic E-state index is 12.2. The quantitative estimate of drug-likeness (QED) is 0.857. The van der Waals surface area contributed by atoms with Gasteiger partial charge in [0.1, 0.15) is 0 Å². The molecule has 1 aliphatic heterocycles. The van der Waals surface area contributed by atoms with Crippen molar-refractivity contribution in [2.24, 2.45) is 5.92 Å². The minimum atomic E-state index is 0.327. The molecule has 3 fully saturated rings. The van der Waals surface area contributed by atoms with Crippen LogP contribution in [0.15, 0.2) is 4.52 Å². The average molecular weight is 346 g/mol. The van der Waals surface area contributed by atoms with E-state index in [0.717, 1.165) is 37.7 Å². The second kappa shape index (κ2) is 7.85. The zero-order chi connectivity index (χ0) is 17.1. The van der Waals surface area contributed by atoms with Gasteiger partial charge in [-0.3, -0.25) is 4.79 Å². The van der Waals surface area contributed by atoms with E-state index in [9.17, 15) is 4.79 Å². The van der Waals surface area contributed by atoms with Gasteiger partial charge < -0.3 is 14.7 Å². The summed E-state index contributed by atoms with van der Waals surface area (Å²) in [7, 11) is 0. The Morgan fingerprint density at radius 3 is 2.72 bits per heavy atom. The summed E-state index contributed by atoms with van der Waals surface area (Å²) < 4.78 is 5.44. The molecule has 6 nitrogen and oxygen atoms in total. The summed E-state index contributed by atoms with van der Waals surface area (Å²) in [4.78, 5) is 18.9. The number of rotatable bonds is 6. The molecule has 4 rings (SSSR count). The maximum Gasteiger partial charge on any atom is 0.240 e. The van der Waals surface area contributed by atoms with Crippen LogP contribution >= 0.6 is 0 Å². The molecule has 0 aromatic carbocycles. The molecule has 2 aliphatic carbocycles. The van der Waals surface area contributed by atoms with Crippen molar-refractivity contribution in [1.82, 2.24) is 20.4 Å². The topological polar surface area (TPSA) is 71.3 Å². The Labute approximate surface area is 149 Å². The standard InChI is InChI=1S/C19H30N4O2/c24-18-9-8-16(10-11-23(18)13-14-6-7-14)20-12-17-21-19(22-25-17)15-4-2-1-3-5-15/h14-16,20H,1-13H2. The lowest BCUT2D eigenvalue weighted by Gasteiger charge is -2.20. The molecule has 3 aliphatic rings. The van der Waals surface area contributed by atoms with Crippen LogP contribution in [-0.4, -0.2) is 40.1 Å². The highest BCUT2D eigenvalue weighted by molar-refractivity contribution is 5.76. The number of nitrogens with zero attached hydrogens (tertiary/aromatic N) is 3. The molecule has 1 aromatic rings. The fraction of sp³-hybridized carbons (Fsp3) is 0.842. The van der Waals surface area contributed by atoms with Gasteiger partial charge in [-0.1, -0.05) is 24.4 Å². The molecule has 1 unspecified atom stereocenters. The molecule has 0 spiro atoms. The molecule has 0 radical (unpaired) electrons. The maximum atomic E-state index is 12.2. The number of carbonyl (C=O) groups is 1. The number of carbonyl (C=O) groups excluding carboxylic acids is 1. The Hall–Kier alpha value is -1.43.